The monoisotopic (exact) mass is 621 g/mol. The zero-order chi connectivity index (χ0) is 31.0. The fourth-order valence-electron chi connectivity index (χ4n) is 3.82. The molecule has 2 aromatic carbocycles. The van der Waals surface area contributed by atoms with Gasteiger partial charge in [-0.15, -0.1) is 0 Å². The smallest absolute Gasteiger partial charge is 0.240 e. The van der Waals surface area contributed by atoms with Gasteiger partial charge in [-0.25, -0.2) is 34.4 Å². The predicted molar refractivity (Wildman–Crippen MR) is 141 cm³/mol. The van der Waals surface area contributed by atoms with Gasteiger partial charge >= 0.3 is 0 Å². The molecule has 16 heteroatoms. The number of primary amides is 1. The summed E-state index contributed by atoms with van der Waals surface area (Å²) in [4.78, 5) is 21.5. The number of amides is 1. The SMILES string of the molecule is CC1(C)CC(S(=O)(=O)C(C(N)=O)c2c(F)cccc2F)=NO1.CC1(C)CC(S(=O)(=O)Cc2c(F)cccc2F)=NO1. The molecule has 2 aromatic rings. The lowest BCUT2D eigenvalue weighted by Crippen LogP contribution is -2.34. The number of carbonyl (C=O) groups excluding carboxylic acids is 1. The van der Waals surface area contributed by atoms with Gasteiger partial charge in [-0.05, 0) is 52.0 Å². The third-order valence-electron chi connectivity index (χ3n) is 5.86. The van der Waals surface area contributed by atoms with Crippen molar-refractivity contribution in [2.45, 2.75) is 62.7 Å². The summed E-state index contributed by atoms with van der Waals surface area (Å²) in [6.07, 6.45) is -0.0411. The van der Waals surface area contributed by atoms with Crippen LogP contribution in [0, 0.1) is 23.3 Å². The van der Waals surface area contributed by atoms with Crippen molar-refractivity contribution in [1.29, 1.82) is 0 Å². The molecule has 0 spiro atoms. The molecule has 0 saturated carbocycles. The van der Waals surface area contributed by atoms with Gasteiger partial charge in [0, 0.05) is 18.4 Å². The van der Waals surface area contributed by atoms with Gasteiger partial charge in [0.1, 0.15) is 34.5 Å². The molecular weight excluding hydrogens is 594 g/mol. The lowest BCUT2D eigenvalue weighted by molar-refractivity contribution is -0.117. The molecule has 41 heavy (non-hydrogen) atoms. The van der Waals surface area contributed by atoms with E-state index in [-0.39, 0.29) is 17.9 Å². The van der Waals surface area contributed by atoms with Crippen LogP contribution in [0.15, 0.2) is 46.7 Å². The first-order valence-electron chi connectivity index (χ1n) is 11.9. The molecule has 2 N–H and O–H groups in total. The molecule has 224 valence electrons. The van der Waals surface area contributed by atoms with E-state index in [1.807, 2.05) is 0 Å². The van der Waals surface area contributed by atoms with E-state index in [9.17, 15) is 39.2 Å². The predicted octanol–water partition coefficient (Wildman–Crippen LogP) is 3.81. The summed E-state index contributed by atoms with van der Waals surface area (Å²) < 4.78 is 104. The van der Waals surface area contributed by atoms with E-state index >= 15 is 0 Å². The maximum atomic E-state index is 13.8. The topological polar surface area (TPSA) is 155 Å². The molecule has 0 saturated heterocycles. The maximum Gasteiger partial charge on any atom is 0.240 e. The van der Waals surface area contributed by atoms with Crippen LogP contribution in [0.4, 0.5) is 17.6 Å². The van der Waals surface area contributed by atoms with Crippen LogP contribution in [0.3, 0.4) is 0 Å². The molecule has 2 heterocycles. The van der Waals surface area contributed by atoms with Crippen molar-refractivity contribution in [3.63, 3.8) is 0 Å². The van der Waals surface area contributed by atoms with Crippen molar-refractivity contribution < 1.29 is 48.9 Å². The Morgan fingerprint density at radius 2 is 1.24 bits per heavy atom. The Labute approximate surface area is 234 Å². The van der Waals surface area contributed by atoms with Crippen molar-refractivity contribution in [3.05, 3.63) is 70.8 Å². The minimum Gasteiger partial charge on any atom is -0.389 e. The first-order valence-corrected chi connectivity index (χ1v) is 15.1. The Morgan fingerprint density at radius 3 is 1.63 bits per heavy atom. The number of nitrogens with zero attached hydrogens (tertiary/aromatic N) is 2. The standard InChI is InChI=1S/C13H14F2N2O4S.C12H13F2NO3S/c1-13(2)6-9(17-21-13)22(19,20)11(12(16)18)10-7(14)4-3-5-8(10)15;1-12(2)6-11(15-18-12)19(16,17)7-8-9(13)4-3-5-10(8)14/h3-5,11H,6H2,1-2H3,(H2,16,18);3-5H,6-7H2,1-2H3. The Kier molecular flexibility index (Phi) is 8.89. The second-order valence-corrected chi connectivity index (χ2v) is 14.5. The van der Waals surface area contributed by atoms with Gasteiger partial charge in [0.05, 0.1) is 11.3 Å². The molecule has 1 unspecified atom stereocenters. The van der Waals surface area contributed by atoms with Gasteiger partial charge < -0.3 is 15.4 Å². The van der Waals surface area contributed by atoms with Crippen molar-refractivity contribution >= 4 is 35.7 Å². The van der Waals surface area contributed by atoms with E-state index in [2.05, 4.69) is 10.3 Å². The summed E-state index contributed by atoms with van der Waals surface area (Å²) in [7, 11) is -8.38. The quantitative estimate of drug-likeness (QED) is 0.498. The van der Waals surface area contributed by atoms with Gasteiger partial charge in [0.25, 0.3) is 0 Å². The van der Waals surface area contributed by atoms with E-state index in [0.29, 0.717) is 0 Å². The Bertz CT molecular complexity index is 1600. The van der Waals surface area contributed by atoms with Crippen LogP contribution in [0.25, 0.3) is 0 Å². The molecule has 0 aromatic heterocycles. The number of nitrogens with two attached hydrogens (primary N) is 1. The normalized spacial score (nSPS) is 18.2. The zero-order valence-corrected chi connectivity index (χ0v) is 24.0. The van der Waals surface area contributed by atoms with Crippen LogP contribution >= 0.6 is 0 Å². The highest BCUT2D eigenvalue weighted by molar-refractivity contribution is 8.07. The van der Waals surface area contributed by atoms with E-state index in [1.165, 1.54) is 6.07 Å². The van der Waals surface area contributed by atoms with Gasteiger partial charge in [-0.3, -0.25) is 4.79 Å². The molecule has 0 aliphatic carbocycles. The van der Waals surface area contributed by atoms with Crippen molar-refractivity contribution in [3.8, 4) is 0 Å². The highest BCUT2D eigenvalue weighted by atomic mass is 32.2. The molecule has 10 nitrogen and oxygen atoms in total. The van der Waals surface area contributed by atoms with Gasteiger partial charge in [-0.1, -0.05) is 22.4 Å². The highest BCUT2D eigenvalue weighted by Crippen LogP contribution is 2.34. The Hall–Kier alpha value is -3.53. The number of halogens is 4. The fourth-order valence-corrected chi connectivity index (χ4v) is 7.16. The highest BCUT2D eigenvalue weighted by Gasteiger charge is 2.45. The van der Waals surface area contributed by atoms with Crippen LogP contribution in [0.2, 0.25) is 0 Å². The van der Waals surface area contributed by atoms with E-state index in [1.54, 1.807) is 27.7 Å². The Morgan fingerprint density at radius 1 is 0.829 bits per heavy atom. The molecule has 2 aliphatic heterocycles. The van der Waals surface area contributed by atoms with Crippen LogP contribution < -0.4 is 5.73 Å². The summed E-state index contributed by atoms with van der Waals surface area (Å²) in [5.41, 5.74) is 2.09. The van der Waals surface area contributed by atoms with Crippen molar-refractivity contribution in [1.82, 2.24) is 0 Å². The molecule has 1 amide bonds. The second kappa shape index (κ2) is 11.4. The number of oxime groups is 2. The summed E-state index contributed by atoms with van der Waals surface area (Å²) in [6, 6.07) is 5.97. The molecule has 0 bridgehead atoms. The first kappa shape index (κ1) is 32.0. The first-order chi connectivity index (χ1) is 18.8. The molecule has 0 fully saturated rings. The number of rotatable bonds is 5. The minimum absolute atomic E-state index is 0.0887. The summed E-state index contributed by atoms with van der Waals surface area (Å²) >= 11 is 0. The lowest BCUT2D eigenvalue weighted by atomic mass is 10.1. The zero-order valence-electron chi connectivity index (χ0n) is 22.3. The summed E-state index contributed by atoms with van der Waals surface area (Å²) in [5, 5.41) is 4.07. The minimum atomic E-state index is -4.50. The average Bonchev–Trinajstić information content (AvgIpc) is 3.41. The summed E-state index contributed by atoms with van der Waals surface area (Å²) in [6.45, 7) is 6.54. The lowest BCUT2D eigenvalue weighted by Gasteiger charge is -2.17. The van der Waals surface area contributed by atoms with Crippen molar-refractivity contribution in [2.24, 2.45) is 16.0 Å². The molecule has 4 rings (SSSR count). The number of hydrogen-bond acceptors (Lipinski definition) is 9. The second-order valence-electron chi connectivity index (χ2n) is 10.4. The van der Waals surface area contributed by atoms with Gasteiger partial charge in [-0.2, -0.15) is 0 Å². The van der Waals surface area contributed by atoms with E-state index in [0.717, 1.165) is 30.3 Å². The van der Waals surface area contributed by atoms with Crippen molar-refractivity contribution in [2.75, 3.05) is 0 Å². The largest absolute Gasteiger partial charge is 0.389 e. The van der Waals surface area contributed by atoms with Crippen LogP contribution in [-0.4, -0.2) is 44.0 Å². The number of benzene rings is 2. The third-order valence-corrected chi connectivity index (χ3v) is 9.43. The van der Waals surface area contributed by atoms with E-state index < -0.39 is 87.2 Å². The molecule has 2 aliphatic rings. The van der Waals surface area contributed by atoms with Crippen LogP contribution in [0.1, 0.15) is 56.9 Å². The third kappa shape index (κ3) is 7.22. The fraction of sp³-hybridized carbons (Fsp3) is 0.400. The molecule has 0 radical (unpaired) electrons. The number of carbonyl (C=O) groups is 1. The van der Waals surface area contributed by atoms with E-state index in [4.69, 9.17) is 15.4 Å². The van der Waals surface area contributed by atoms with Crippen LogP contribution in [-0.2, 0) is 39.9 Å². The summed E-state index contributed by atoms with van der Waals surface area (Å²) in [5.74, 6) is -6.28. The van der Waals surface area contributed by atoms with Gasteiger partial charge in [0.15, 0.2) is 25.2 Å². The maximum absolute atomic E-state index is 13.8. The number of sulfone groups is 2. The average molecular weight is 622 g/mol. The van der Waals surface area contributed by atoms with Crippen LogP contribution in [0.5, 0.6) is 0 Å². The van der Waals surface area contributed by atoms with Gasteiger partial charge in [0.2, 0.25) is 15.7 Å². The molecule has 1 atom stereocenters. The molecular formula is C25H27F4N3O7S2. The Balaban J connectivity index is 0.000000228. The number of hydrogen-bond donors (Lipinski definition) is 1.